The molecule has 0 atom stereocenters. The third-order valence-electron chi connectivity index (χ3n) is 2.42. The molecular weight excluding hydrogens is 228 g/mol. The summed E-state index contributed by atoms with van der Waals surface area (Å²) in [4.78, 5) is 12.6. The first-order valence-electron chi connectivity index (χ1n) is 5.94. The van der Waals surface area contributed by atoms with E-state index in [1.54, 1.807) is 12.3 Å². The number of nitrogens with zero attached hydrogens (tertiary/aromatic N) is 3. The number of nitrogen functional groups attached to an aromatic ring is 1. The highest BCUT2D eigenvalue weighted by Crippen LogP contribution is 2.11. The summed E-state index contributed by atoms with van der Waals surface area (Å²) in [6, 6.07) is 7.45. The molecule has 0 unspecified atom stereocenters. The molecule has 0 spiro atoms. The average Bonchev–Trinajstić information content (AvgIpc) is 2.39. The number of anilines is 1. The smallest absolute Gasteiger partial charge is 0.218 e. The summed E-state index contributed by atoms with van der Waals surface area (Å²) in [5, 5.41) is 0. The van der Waals surface area contributed by atoms with Crippen molar-refractivity contribution in [3.05, 3.63) is 42.0 Å². The summed E-state index contributed by atoms with van der Waals surface area (Å²) < 4.78 is 5.56. The minimum Gasteiger partial charge on any atom is -0.477 e. The molecule has 0 bridgehead atoms. The molecule has 0 aliphatic rings. The lowest BCUT2D eigenvalue weighted by Crippen LogP contribution is -2.06. The molecule has 18 heavy (non-hydrogen) atoms. The first-order valence-corrected chi connectivity index (χ1v) is 5.94. The van der Waals surface area contributed by atoms with Crippen molar-refractivity contribution in [1.82, 2.24) is 15.0 Å². The SMILES string of the molecule is CCc1nc(N)cc(OCCc2ccccn2)n1. The zero-order chi connectivity index (χ0) is 12.8. The molecule has 2 N–H and O–H groups in total. The average molecular weight is 244 g/mol. The fourth-order valence-electron chi connectivity index (χ4n) is 1.53. The molecule has 2 rings (SSSR count). The first-order chi connectivity index (χ1) is 8.78. The molecule has 0 fully saturated rings. The van der Waals surface area contributed by atoms with E-state index in [0.717, 1.165) is 18.5 Å². The van der Waals surface area contributed by atoms with Crippen LogP contribution in [0.5, 0.6) is 5.88 Å². The van der Waals surface area contributed by atoms with Gasteiger partial charge in [0.2, 0.25) is 5.88 Å². The summed E-state index contributed by atoms with van der Waals surface area (Å²) in [6.45, 7) is 2.50. The van der Waals surface area contributed by atoms with Crippen molar-refractivity contribution in [3.63, 3.8) is 0 Å². The largest absolute Gasteiger partial charge is 0.477 e. The van der Waals surface area contributed by atoms with E-state index in [4.69, 9.17) is 10.5 Å². The zero-order valence-corrected chi connectivity index (χ0v) is 10.3. The van der Waals surface area contributed by atoms with Crippen LogP contribution in [-0.2, 0) is 12.8 Å². The Labute approximate surface area is 106 Å². The Morgan fingerprint density at radius 2 is 2.17 bits per heavy atom. The molecular formula is C13H16N4O. The second-order valence-corrected chi connectivity index (χ2v) is 3.82. The second kappa shape index (κ2) is 5.95. The van der Waals surface area contributed by atoms with Gasteiger partial charge in [-0.1, -0.05) is 13.0 Å². The summed E-state index contributed by atoms with van der Waals surface area (Å²) in [5.41, 5.74) is 6.67. The fourth-order valence-corrected chi connectivity index (χ4v) is 1.53. The van der Waals surface area contributed by atoms with Gasteiger partial charge in [-0.15, -0.1) is 0 Å². The lowest BCUT2D eigenvalue weighted by molar-refractivity contribution is 0.307. The Morgan fingerprint density at radius 1 is 1.28 bits per heavy atom. The summed E-state index contributed by atoms with van der Waals surface area (Å²) >= 11 is 0. The number of pyridine rings is 1. The van der Waals surface area contributed by atoms with Crippen molar-refractivity contribution in [2.75, 3.05) is 12.3 Å². The van der Waals surface area contributed by atoms with Crippen LogP contribution in [0, 0.1) is 0 Å². The van der Waals surface area contributed by atoms with Crippen LogP contribution in [0.15, 0.2) is 30.5 Å². The number of hydrogen-bond acceptors (Lipinski definition) is 5. The highest BCUT2D eigenvalue weighted by Gasteiger charge is 2.02. The Hall–Kier alpha value is -2.17. The quantitative estimate of drug-likeness (QED) is 0.865. The molecule has 94 valence electrons. The number of ether oxygens (including phenoxy) is 1. The van der Waals surface area contributed by atoms with Crippen molar-refractivity contribution in [2.24, 2.45) is 0 Å². The Morgan fingerprint density at radius 3 is 2.89 bits per heavy atom. The van der Waals surface area contributed by atoms with E-state index in [9.17, 15) is 0 Å². The van der Waals surface area contributed by atoms with Crippen LogP contribution < -0.4 is 10.5 Å². The molecule has 2 heterocycles. The maximum absolute atomic E-state index is 5.67. The van der Waals surface area contributed by atoms with E-state index in [0.29, 0.717) is 24.1 Å². The van der Waals surface area contributed by atoms with E-state index < -0.39 is 0 Å². The fraction of sp³-hybridized carbons (Fsp3) is 0.308. The summed E-state index contributed by atoms with van der Waals surface area (Å²) in [5.74, 6) is 1.66. The van der Waals surface area contributed by atoms with Crippen LogP contribution in [-0.4, -0.2) is 21.6 Å². The Balaban J connectivity index is 1.92. The molecule has 0 saturated heterocycles. The van der Waals surface area contributed by atoms with E-state index in [2.05, 4.69) is 15.0 Å². The van der Waals surface area contributed by atoms with Crippen LogP contribution in [0.3, 0.4) is 0 Å². The highest BCUT2D eigenvalue weighted by atomic mass is 16.5. The van der Waals surface area contributed by atoms with Gasteiger partial charge in [-0.05, 0) is 12.1 Å². The number of aryl methyl sites for hydroxylation is 1. The normalized spacial score (nSPS) is 10.3. The standard InChI is InChI=1S/C13H16N4O/c1-2-12-16-11(14)9-13(17-12)18-8-6-10-5-3-4-7-15-10/h3-5,7,9H,2,6,8H2,1H3,(H2,14,16,17). The van der Waals surface area contributed by atoms with Gasteiger partial charge in [0.05, 0.1) is 6.61 Å². The molecule has 0 radical (unpaired) electrons. The molecule has 5 nitrogen and oxygen atoms in total. The predicted octanol–water partition coefficient (Wildman–Crippen LogP) is 1.64. The Bertz CT molecular complexity index is 502. The molecule has 5 heteroatoms. The van der Waals surface area contributed by atoms with Gasteiger partial charge in [-0.3, -0.25) is 4.98 Å². The van der Waals surface area contributed by atoms with Gasteiger partial charge in [-0.2, -0.15) is 4.98 Å². The van der Waals surface area contributed by atoms with Gasteiger partial charge in [0, 0.05) is 30.8 Å². The maximum Gasteiger partial charge on any atom is 0.218 e. The van der Waals surface area contributed by atoms with Gasteiger partial charge in [0.25, 0.3) is 0 Å². The van der Waals surface area contributed by atoms with Gasteiger partial charge in [0.15, 0.2) is 0 Å². The van der Waals surface area contributed by atoms with E-state index in [1.807, 2.05) is 25.1 Å². The Kier molecular flexibility index (Phi) is 4.06. The second-order valence-electron chi connectivity index (χ2n) is 3.82. The van der Waals surface area contributed by atoms with Gasteiger partial charge < -0.3 is 10.5 Å². The van der Waals surface area contributed by atoms with Crippen molar-refractivity contribution in [2.45, 2.75) is 19.8 Å². The van der Waals surface area contributed by atoms with Crippen LogP contribution in [0.4, 0.5) is 5.82 Å². The molecule has 0 aliphatic heterocycles. The van der Waals surface area contributed by atoms with Gasteiger partial charge in [0.1, 0.15) is 11.6 Å². The molecule has 0 saturated carbocycles. The molecule has 0 aromatic carbocycles. The summed E-state index contributed by atoms with van der Waals surface area (Å²) in [7, 11) is 0. The number of hydrogen-bond donors (Lipinski definition) is 1. The molecule has 2 aromatic rings. The monoisotopic (exact) mass is 244 g/mol. The van der Waals surface area contributed by atoms with Gasteiger partial charge >= 0.3 is 0 Å². The van der Waals surface area contributed by atoms with Crippen LogP contribution in [0.25, 0.3) is 0 Å². The predicted molar refractivity (Wildman–Crippen MR) is 69.3 cm³/mol. The third-order valence-corrected chi connectivity index (χ3v) is 2.42. The molecule has 0 amide bonds. The van der Waals surface area contributed by atoms with E-state index in [-0.39, 0.29) is 0 Å². The third kappa shape index (κ3) is 3.41. The topological polar surface area (TPSA) is 73.9 Å². The molecule has 0 aliphatic carbocycles. The highest BCUT2D eigenvalue weighted by molar-refractivity contribution is 5.32. The molecule has 2 aromatic heterocycles. The summed E-state index contributed by atoms with van der Waals surface area (Å²) in [6.07, 6.45) is 3.25. The number of aromatic nitrogens is 3. The lowest BCUT2D eigenvalue weighted by Gasteiger charge is -2.06. The number of rotatable bonds is 5. The van der Waals surface area contributed by atoms with Gasteiger partial charge in [-0.25, -0.2) is 4.98 Å². The van der Waals surface area contributed by atoms with Crippen molar-refractivity contribution < 1.29 is 4.74 Å². The zero-order valence-electron chi connectivity index (χ0n) is 10.3. The van der Waals surface area contributed by atoms with E-state index >= 15 is 0 Å². The van der Waals surface area contributed by atoms with Crippen molar-refractivity contribution in [1.29, 1.82) is 0 Å². The van der Waals surface area contributed by atoms with Crippen LogP contribution in [0.2, 0.25) is 0 Å². The van der Waals surface area contributed by atoms with Crippen LogP contribution >= 0.6 is 0 Å². The lowest BCUT2D eigenvalue weighted by atomic mass is 10.3. The van der Waals surface area contributed by atoms with Crippen molar-refractivity contribution >= 4 is 5.82 Å². The maximum atomic E-state index is 5.67. The first kappa shape index (κ1) is 12.3. The minimum atomic E-state index is 0.440. The van der Waals surface area contributed by atoms with Crippen molar-refractivity contribution in [3.8, 4) is 5.88 Å². The number of nitrogens with two attached hydrogens (primary N) is 1. The van der Waals surface area contributed by atoms with E-state index in [1.165, 1.54) is 0 Å². The van der Waals surface area contributed by atoms with Crippen LogP contribution in [0.1, 0.15) is 18.4 Å². The minimum absolute atomic E-state index is 0.440.